The zero-order valence-corrected chi connectivity index (χ0v) is 24.2. The van der Waals surface area contributed by atoms with E-state index >= 15 is 8.78 Å². The van der Waals surface area contributed by atoms with Crippen molar-refractivity contribution in [3.8, 4) is 11.5 Å². The number of alkyl halides is 5. The second-order valence-corrected chi connectivity index (χ2v) is 11.5. The van der Waals surface area contributed by atoms with Gasteiger partial charge in [0.2, 0.25) is 0 Å². The minimum Gasteiger partial charge on any atom is -0.491 e. The quantitative estimate of drug-likeness (QED) is 0.178. The Bertz CT molecular complexity index is 1340. The van der Waals surface area contributed by atoms with E-state index in [1.807, 2.05) is 20.8 Å². The fourth-order valence-corrected chi connectivity index (χ4v) is 4.69. The van der Waals surface area contributed by atoms with Crippen LogP contribution in [0.1, 0.15) is 48.6 Å². The Morgan fingerprint density at radius 3 is 1.57 bits per heavy atom. The summed E-state index contributed by atoms with van der Waals surface area (Å²) in [6.07, 6.45) is -8.00. The van der Waals surface area contributed by atoms with Crippen molar-refractivity contribution in [1.29, 1.82) is 0 Å². The van der Waals surface area contributed by atoms with Gasteiger partial charge in [0.15, 0.2) is 0 Å². The molecule has 5 nitrogen and oxygen atoms in total. The molecule has 230 valence electrons. The molecule has 10 heteroatoms. The fourth-order valence-electron chi connectivity index (χ4n) is 4.69. The Morgan fingerprint density at radius 1 is 0.690 bits per heavy atom. The smallest absolute Gasteiger partial charge is 0.454 e. The fraction of sp³-hybridized carbons (Fsp3) is 0.438. The number of ether oxygens (including phenoxy) is 2. The molecule has 0 aliphatic rings. The summed E-state index contributed by atoms with van der Waals surface area (Å²) in [6, 6.07) is 14.2. The van der Waals surface area contributed by atoms with Crippen molar-refractivity contribution in [2.24, 2.45) is 5.41 Å². The van der Waals surface area contributed by atoms with E-state index in [4.69, 9.17) is 14.6 Å². The van der Waals surface area contributed by atoms with E-state index in [2.05, 4.69) is 0 Å². The van der Waals surface area contributed by atoms with Gasteiger partial charge in [-0.3, -0.25) is 0 Å². The molecule has 0 aliphatic heterocycles. The van der Waals surface area contributed by atoms with Crippen LogP contribution in [0, 0.1) is 19.3 Å². The monoisotopic (exact) mass is 596 g/mol. The third-order valence-corrected chi connectivity index (χ3v) is 7.29. The zero-order valence-electron chi connectivity index (χ0n) is 24.2. The summed E-state index contributed by atoms with van der Waals surface area (Å²) < 4.78 is 86.9. The predicted octanol–water partition coefficient (Wildman–Crippen LogP) is 6.35. The van der Waals surface area contributed by atoms with Crippen LogP contribution in [-0.2, 0) is 5.41 Å². The zero-order chi connectivity index (χ0) is 31.5. The second kappa shape index (κ2) is 12.6. The molecule has 0 bridgehead atoms. The molecule has 0 aromatic heterocycles. The van der Waals surface area contributed by atoms with Crippen molar-refractivity contribution in [3.05, 3.63) is 94.5 Å². The molecule has 3 aromatic rings. The van der Waals surface area contributed by atoms with Gasteiger partial charge < -0.3 is 24.8 Å². The van der Waals surface area contributed by atoms with Crippen LogP contribution in [0.5, 0.6) is 11.5 Å². The van der Waals surface area contributed by atoms with E-state index in [1.165, 1.54) is 67.6 Å². The molecule has 42 heavy (non-hydrogen) atoms. The van der Waals surface area contributed by atoms with Crippen LogP contribution in [0.2, 0.25) is 0 Å². The van der Waals surface area contributed by atoms with Crippen molar-refractivity contribution in [2.45, 2.75) is 64.3 Å². The number of rotatable bonds is 11. The van der Waals surface area contributed by atoms with E-state index in [-0.39, 0.29) is 47.0 Å². The topological polar surface area (TPSA) is 79.2 Å². The van der Waals surface area contributed by atoms with Gasteiger partial charge >= 0.3 is 12.1 Å². The SMILES string of the molecule is Cc1cc(C(c2ccccc2)(c2ccc(OC[C@@H](O)CO)c(C)c2)C(F)(F)C(F)(F)F)ccc1OCC(O)C(C)(C)C. The highest BCUT2D eigenvalue weighted by molar-refractivity contribution is 5.57. The Morgan fingerprint density at radius 2 is 1.17 bits per heavy atom. The lowest BCUT2D eigenvalue weighted by molar-refractivity contribution is -0.299. The summed E-state index contributed by atoms with van der Waals surface area (Å²) in [6.45, 7) is 7.52. The maximum absolute atomic E-state index is 16.2. The second-order valence-electron chi connectivity index (χ2n) is 11.5. The average molecular weight is 597 g/mol. The molecule has 0 amide bonds. The average Bonchev–Trinajstić information content (AvgIpc) is 2.91. The first-order valence-corrected chi connectivity index (χ1v) is 13.4. The standard InChI is InChI=1S/C32H37F5O5/c1-20-15-23(11-13-26(20)41-18-25(39)17-38)30(22-9-7-6-8-10-22,31(33,34)32(35,36)37)24-12-14-27(21(2)16-24)42-19-28(40)29(3,4)5/h6-16,25,28,38-40H,17-19H2,1-5H3/t25-,28?,30?/m0/s1. The molecule has 3 aromatic carbocycles. The van der Waals surface area contributed by atoms with Gasteiger partial charge in [-0.05, 0) is 59.2 Å². The maximum Gasteiger partial charge on any atom is 0.454 e. The van der Waals surface area contributed by atoms with Crippen LogP contribution in [0.3, 0.4) is 0 Å². The molecule has 0 spiro atoms. The highest BCUT2D eigenvalue weighted by Crippen LogP contribution is 2.57. The number of hydrogen-bond donors (Lipinski definition) is 3. The number of hydrogen-bond acceptors (Lipinski definition) is 5. The number of halogens is 5. The van der Waals surface area contributed by atoms with E-state index < -0.39 is 41.7 Å². The van der Waals surface area contributed by atoms with Crippen molar-refractivity contribution >= 4 is 0 Å². The van der Waals surface area contributed by atoms with Crippen molar-refractivity contribution in [1.82, 2.24) is 0 Å². The number of aliphatic hydroxyl groups excluding tert-OH is 3. The van der Waals surface area contributed by atoms with Crippen molar-refractivity contribution in [2.75, 3.05) is 19.8 Å². The number of aliphatic hydroxyl groups is 3. The Balaban J connectivity index is 2.27. The first-order valence-electron chi connectivity index (χ1n) is 13.4. The van der Waals surface area contributed by atoms with Crippen molar-refractivity contribution in [3.63, 3.8) is 0 Å². The van der Waals surface area contributed by atoms with Gasteiger partial charge in [-0.15, -0.1) is 0 Å². The van der Waals surface area contributed by atoms with E-state index in [0.29, 0.717) is 5.56 Å². The van der Waals surface area contributed by atoms with Gasteiger partial charge in [-0.1, -0.05) is 75.4 Å². The lowest BCUT2D eigenvalue weighted by Crippen LogP contribution is -2.56. The molecule has 0 heterocycles. The molecule has 0 saturated heterocycles. The van der Waals surface area contributed by atoms with Crippen LogP contribution >= 0.6 is 0 Å². The summed E-state index contributed by atoms with van der Waals surface area (Å²) in [5.74, 6) is -4.90. The molecule has 3 N–H and O–H groups in total. The molecule has 0 fully saturated rings. The summed E-state index contributed by atoms with van der Waals surface area (Å²) in [4.78, 5) is 0. The molecule has 0 saturated carbocycles. The third-order valence-electron chi connectivity index (χ3n) is 7.29. The van der Waals surface area contributed by atoms with Gasteiger partial charge in [0.25, 0.3) is 0 Å². The summed E-state index contributed by atoms with van der Waals surface area (Å²) >= 11 is 0. The normalized spacial score (nSPS) is 15.5. The van der Waals surface area contributed by atoms with Crippen LogP contribution in [0.15, 0.2) is 66.7 Å². The van der Waals surface area contributed by atoms with E-state index in [9.17, 15) is 23.4 Å². The van der Waals surface area contributed by atoms with Crippen LogP contribution in [0.4, 0.5) is 22.0 Å². The molecular weight excluding hydrogens is 559 g/mol. The minimum atomic E-state index is -5.95. The minimum absolute atomic E-state index is 0.0993. The molecule has 3 atom stereocenters. The maximum atomic E-state index is 16.2. The van der Waals surface area contributed by atoms with Gasteiger partial charge in [0, 0.05) is 0 Å². The highest BCUT2D eigenvalue weighted by Gasteiger charge is 2.71. The number of benzene rings is 3. The lowest BCUT2D eigenvalue weighted by Gasteiger charge is -2.43. The highest BCUT2D eigenvalue weighted by atomic mass is 19.4. The summed E-state index contributed by atoms with van der Waals surface area (Å²) in [5.41, 5.74) is -3.89. The summed E-state index contributed by atoms with van der Waals surface area (Å²) in [7, 11) is 0. The van der Waals surface area contributed by atoms with Crippen LogP contribution in [-0.4, -0.2) is 59.4 Å². The first kappa shape index (κ1) is 33.3. The molecule has 0 radical (unpaired) electrons. The lowest BCUT2D eigenvalue weighted by atomic mass is 9.64. The molecule has 2 unspecified atom stereocenters. The van der Waals surface area contributed by atoms with E-state index in [0.717, 1.165) is 6.07 Å². The molecular formula is C32H37F5O5. The Labute approximate surface area is 242 Å². The first-order chi connectivity index (χ1) is 19.5. The summed E-state index contributed by atoms with van der Waals surface area (Å²) in [5, 5.41) is 29.0. The van der Waals surface area contributed by atoms with Gasteiger partial charge in [0.05, 0.1) is 12.7 Å². The van der Waals surface area contributed by atoms with Gasteiger partial charge in [-0.2, -0.15) is 22.0 Å². The predicted molar refractivity (Wildman–Crippen MR) is 149 cm³/mol. The largest absolute Gasteiger partial charge is 0.491 e. The van der Waals surface area contributed by atoms with Crippen LogP contribution in [0.25, 0.3) is 0 Å². The molecule has 3 rings (SSSR count). The van der Waals surface area contributed by atoms with Gasteiger partial charge in [0.1, 0.15) is 36.2 Å². The Hall–Kier alpha value is -3.21. The van der Waals surface area contributed by atoms with Gasteiger partial charge in [-0.25, -0.2) is 0 Å². The van der Waals surface area contributed by atoms with Crippen molar-refractivity contribution < 1.29 is 46.7 Å². The Kier molecular flexibility index (Phi) is 9.96. The number of aryl methyl sites for hydroxylation is 2. The third kappa shape index (κ3) is 6.55. The van der Waals surface area contributed by atoms with E-state index in [1.54, 1.807) is 6.92 Å². The van der Waals surface area contributed by atoms with Crippen LogP contribution < -0.4 is 9.47 Å². The molecule has 0 aliphatic carbocycles.